The average Bonchev–Trinajstić information content (AvgIpc) is 3.21. The lowest BCUT2D eigenvalue weighted by atomic mass is 10.0. The molecule has 2 heterocycles. The highest BCUT2D eigenvalue weighted by Crippen LogP contribution is 2.33. The van der Waals surface area contributed by atoms with Crippen molar-refractivity contribution >= 4 is 40.6 Å². The van der Waals surface area contributed by atoms with E-state index in [0.717, 1.165) is 0 Å². The van der Waals surface area contributed by atoms with Gasteiger partial charge in [0.25, 0.3) is 11.6 Å². The molecular formula is C22H23Cl2N5O4. The van der Waals surface area contributed by atoms with E-state index < -0.39 is 11.0 Å². The lowest BCUT2D eigenvalue weighted by molar-refractivity contribution is -0.385. The molecule has 0 aliphatic heterocycles. The molecule has 0 saturated carbocycles. The van der Waals surface area contributed by atoms with Gasteiger partial charge in [-0.2, -0.15) is 0 Å². The quantitative estimate of drug-likeness (QED) is 0.219. The summed E-state index contributed by atoms with van der Waals surface area (Å²) in [4.78, 5) is 27.0. The zero-order valence-electron chi connectivity index (χ0n) is 17.8. The molecule has 0 spiro atoms. The Bertz CT molecular complexity index is 1130. The second kappa shape index (κ2) is 11.1. The summed E-state index contributed by atoms with van der Waals surface area (Å²) in [6.45, 7) is 2.71. The van der Waals surface area contributed by atoms with E-state index in [2.05, 4.69) is 15.6 Å². The first kappa shape index (κ1) is 24.5. The van der Waals surface area contributed by atoms with Gasteiger partial charge in [-0.15, -0.1) is 0 Å². The number of carbonyl (C=O) groups excluding carboxylic acids is 1. The second-order valence-electron chi connectivity index (χ2n) is 7.44. The molecule has 1 amide bonds. The lowest BCUT2D eigenvalue weighted by Crippen LogP contribution is -2.35. The summed E-state index contributed by atoms with van der Waals surface area (Å²) in [6.07, 6.45) is 5.49. The molecule has 0 aliphatic carbocycles. The fourth-order valence-electron chi connectivity index (χ4n) is 3.16. The largest absolute Gasteiger partial charge is 0.394 e. The van der Waals surface area contributed by atoms with Crippen molar-refractivity contribution in [3.05, 3.63) is 74.6 Å². The molecule has 0 saturated heterocycles. The topological polar surface area (TPSA) is 122 Å². The van der Waals surface area contributed by atoms with Crippen LogP contribution in [0, 0.1) is 10.1 Å². The molecule has 11 heteroatoms. The van der Waals surface area contributed by atoms with Gasteiger partial charge in [0.15, 0.2) is 0 Å². The van der Waals surface area contributed by atoms with Gasteiger partial charge in [0.2, 0.25) is 0 Å². The van der Waals surface area contributed by atoms with Gasteiger partial charge in [-0.05, 0) is 31.5 Å². The Labute approximate surface area is 200 Å². The molecule has 0 unspecified atom stereocenters. The minimum atomic E-state index is -0.498. The number of carbonyl (C=O) groups is 1. The van der Waals surface area contributed by atoms with E-state index in [-0.39, 0.29) is 18.2 Å². The van der Waals surface area contributed by atoms with E-state index in [1.807, 2.05) is 10.8 Å². The molecule has 1 atom stereocenters. The maximum Gasteiger partial charge on any atom is 0.287 e. The molecule has 3 aromatic rings. The van der Waals surface area contributed by atoms with Crippen molar-refractivity contribution in [3.8, 4) is 11.1 Å². The summed E-state index contributed by atoms with van der Waals surface area (Å²) in [7, 11) is 0. The van der Waals surface area contributed by atoms with Crippen molar-refractivity contribution in [2.45, 2.75) is 25.9 Å². The molecule has 9 nitrogen and oxygen atoms in total. The summed E-state index contributed by atoms with van der Waals surface area (Å²) < 4.78 is 1.89. The van der Waals surface area contributed by atoms with Crippen LogP contribution < -0.4 is 10.6 Å². The highest BCUT2D eigenvalue weighted by Gasteiger charge is 2.19. The number of halogens is 2. The number of nitrogens with one attached hydrogen (secondary N) is 2. The van der Waals surface area contributed by atoms with Crippen LogP contribution in [-0.2, 0) is 6.54 Å². The number of nitrogens with zero attached hydrogens (tertiary/aromatic N) is 3. The lowest BCUT2D eigenvalue weighted by Gasteiger charge is -2.11. The maximum absolute atomic E-state index is 12.8. The Hall–Kier alpha value is -3.14. The standard InChI is InChI=1S/C22H23Cl2N5O4/c1-14(13-30)27-22(31)19-12-28(11-18(19)17-5-3-15(23)9-20(17)24)8-2-7-25-21-6-4-16(10-26-21)29(32)33/h3-6,9-12,14,30H,2,7-8,13H2,1H3,(H,25,26)(H,27,31)/t14-/m0/s1. The van der Waals surface area contributed by atoms with Crippen LogP contribution in [0.25, 0.3) is 11.1 Å². The number of hydrogen-bond acceptors (Lipinski definition) is 6. The van der Waals surface area contributed by atoms with Gasteiger partial charge >= 0.3 is 0 Å². The molecule has 0 aliphatic rings. The van der Waals surface area contributed by atoms with Crippen LogP contribution in [-0.4, -0.2) is 44.7 Å². The van der Waals surface area contributed by atoms with Crippen LogP contribution >= 0.6 is 23.2 Å². The first-order valence-corrected chi connectivity index (χ1v) is 11.0. The number of aliphatic hydroxyl groups is 1. The van der Waals surface area contributed by atoms with Crippen LogP contribution in [0.1, 0.15) is 23.7 Å². The zero-order valence-corrected chi connectivity index (χ0v) is 19.3. The van der Waals surface area contributed by atoms with E-state index >= 15 is 0 Å². The Kier molecular flexibility index (Phi) is 8.26. The minimum Gasteiger partial charge on any atom is -0.394 e. The van der Waals surface area contributed by atoms with Gasteiger partial charge in [-0.1, -0.05) is 29.3 Å². The monoisotopic (exact) mass is 491 g/mol. The molecule has 0 bridgehead atoms. The summed E-state index contributed by atoms with van der Waals surface area (Å²) in [5, 5.41) is 26.8. The molecule has 0 radical (unpaired) electrons. The Morgan fingerprint density at radius 2 is 2.03 bits per heavy atom. The van der Waals surface area contributed by atoms with E-state index in [4.69, 9.17) is 23.2 Å². The Morgan fingerprint density at radius 3 is 2.67 bits per heavy atom. The van der Waals surface area contributed by atoms with Gasteiger partial charge in [0.05, 0.1) is 17.1 Å². The first-order valence-electron chi connectivity index (χ1n) is 10.2. The third-order valence-electron chi connectivity index (χ3n) is 4.86. The summed E-state index contributed by atoms with van der Waals surface area (Å²) in [6, 6.07) is 7.64. The molecule has 0 fully saturated rings. The van der Waals surface area contributed by atoms with E-state index in [0.29, 0.717) is 52.1 Å². The van der Waals surface area contributed by atoms with Crippen LogP contribution in [0.3, 0.4) is 0 Å². The number of benzene rings is 1. The minimum absolute atomic E-state index is 0.0670. The smallest absolute Gasteiger partial charge is 0.287 e. The fourth-order valence-corrected chi connectivity index (χ4v) is 3.67. The number of aromatic nitrogens is 2. The Morgan fingerprint density at radius 1 is 1.24 bits per heavy atom. The number of aliphatic hydroxyl groups excluding tert-OH is 1. The first-order chi connectivity index (χ1) is 15.8. The normalized spacial score (nSPS) is 11.8. The fraction of sp³-hybridized carbons (Fsp3) is 0.273. The van der Waals surface area contributed by atoms with Crippen molar-refractivity contribution in [2.75, 3.05) is 18.5 Å². The maximum atomic E-state index is 12.8. The number of aryl methyl sites for hydroxylation is 1. The SMILES string of the molecule is C[C@@H](CO)NC(=O)c1cn(CCCNc2ccc([N+](=O)[O-])cn2)cc1-c1ccc(Cl)cc1Cl. The number of pyridine rings is 1. The third-order valence-corrected chi connectivity index (χ3v) is 5.40. The predicted octanol–water partition coefficient (Wildman–Crippen LogP) is 4.38. The van der Waals surface area contributed by atoms with Gasteiger partial charge in [0.1, 0.15) is 12.0 Å². The van der Waals surface area contributed by atoms with Crippen molar-refractivity contribution in [1.82, 2.24) is 14.9 Å². The predicted molar refractivity (Wildman–Crippen MR) is 128 cm³/mol. The molecule has 1 aromatic carbocycles. The highest BCUT2D eigenvalue weighted by atomic mass is 35.5. The molecule has 3 N–H and O–H groups in total. The van der Waals surface area contributed by atoms with Crippen LogP contribution in [0.5, 0.6) is 0 Å². The average molecular weight is 492 g/mol. The summed E-state index contributed by atoms with van der Waals surface area (Å²) in [5.74, 6) is 0.226. The molecule has 33 heavy (non-hydrogen) atoms. The van der Waals surface area contributed by atoms with E-state index in [9.17, 15) is 20.0 Å². The van der Waals surface area contributed by atoms with Gasteiger partial charge < -0.3 is 20.3 Å². The van der Waals surface area contributed by atoms with Gasteiger partial charge in [-0.3, -0.25) is 14.9 Å². The number of hydrogen-bond donors (Lipinski definition) is 3. The number of rotatable bonds is 10. The van der Waals surface area contributed by atoms with Gasteiger partial charge in [0, 0.05) is 58.8 Å². The van der Waals surface area contributed by atoms with E-state index in [1.165, 1.54) is 12.3 Å². The van der Waals surface area contributed by atoms with Crippen molar-refractivity contribution in [3.63, 3.8) is 0 Å². The number of nitro groups is 1. The van der Waals surface area contributed by atoms with Crippen molar-refractivity contribution < 1.29 is 14.8 Å². The molecular weight excluding hydrogens is 469 g/mol. The van der Waals surface area contributed by atoms with E-state index in [1.54, 1.807) is 37.4 Å². The van der Waals surface area contributed by atoms with Crippen molar-refractivity contribution in [1.29, 1.82) is 0 Å². The van der Waals surface area contributed by atoms with Crippen LogP contribution in [0.2, 0.25) is 10.0 Å². The van der Waals surface area contributed by atoms with Crippen LogP contribution in [0.4, 0.5) is 11.5 Å². The Balaban J connectivity index is 1.72. The summed E-state index contributed by atoms with van der Waals surface area (Å²) >= 11 is 12.4. The molecule has 174 valence electrons. The molecule has 2 aromatic heterocycles. The molecule has 3 rings (SSSR count). The van der Waals surface area contributed by atoms with Crippen molar-refractivity contribution in [2.24, 2.45) is 0 Å². The number of amides is 1. The third kappa shape index (κ3) is 6.44. The second-order valence-corrected chi connectivity index (χ2v) is 8.29. The zero-order chi connectivity index (χ0) is 24.0. The number of anilines is 1. The summed E-state index contributed by atoms with van der Waals surface area (Å²) in [5.41, 5.74) is 1.70. The van der Waals surface area contributed by atoms with Crippen LogP contribution in [0.15, 0.2) is 48.9 Å². The van der Waals surface area contributed by atoms with Gasteiger partial charge in [-0.25, -0.2) is 4.98 Å². The highest BCUT2D eigenvalue weighted by molar-refractivity contribution is 6.36.